The third-order valence-corrected chi connectivity index (χ3v) is 0.824. The maximum absolute atomic E-state index is 10.0. The number of hydrogen-bond donors (Lipinski definition) is 2. The minimum atomic E-state index is -0.907. The van der Waals surface area contributed by atoms with Gasteiger partial charge in [0.15, 0.2) is 0 Å². The predicted octanol–water partition coefficient (Wildman–Crippen LogP) is -1.49. The summed E-state index contributed by atoms with van der Waals surface area (Å²) in [6.07, 6.45) is 0. The zero-order valence-electron chi connectivity index (χ0n) is 4.33. The second-order valence-corrected chi connectivity index (χ2v) is 1.45. The summed E-state index contributed by atoms with van der Waals surface area (Å²) in [5.74, 6) is -1.64. The topological polar surface area (TPSA) is 83.2 Å². The van der Waals surface area contributed by atoms with Crippen LogP contribution >= 0.6 is 0 Å². The fourth-order valence-corrected chi connectivity index (χ4v) is 0.225. The predicted molar refractivity (Wildman–Crippen MR) is 25.3 cm³/mol. The van der Waals surface area contributed by atoms with Gasteiger partial charge in [0.2, 0.25) is 5.91 Å². The van der Waals surface area contributed by atoms with E-state index < -0.39 is 25.0 Å². The first-order chi connectivity index (χ1) is 3.72. The molecule has 4 heteroatoms. The van der Waals surface area contributed by atoms with E-state index in [9.17, 15) is 9.90 Å². The normalized spacial score (nSPS) is 9.88. The largest absolute Gasteiger partial charge is 0.395 e. The molecule has 8 heavy (non-hydrogen) atoms. The van der Waals surface area contributed by atoms with Crippen LogP contribution in [0.5, 0.6) is 0 Å². The van der Waals surface area contributed by atoms with Gasteiger partial charge in [-0.15, -0.1) is 0 Å². The molecule has 1 radical (unpaired) electrons. The van der Waals surface area contributed by atoms with Crippen LogP contribution in [0.4, 0.5) is 0 Å². The monoisotopic (exact) mass is 118 g/mol. The van der Waals surface area contributed by atoms with Crippen molar-refractivity contribution in [3.8, 4) is 0 Å². The van der Waals surface area contributed by atoms with E-state index in [4.69, 9.17) is 5.11 Å². The van der Waals surface area contributed by atoms with Gasteiger partial charge in [0.1, 0.15) is 0 Å². The Bertz CT molecular complexity index is 79.4. The Labute approximate surface area is 46.9 Å². The average molecular weight is 118 g/mol. The minimum Gasteiger partial charge on any atom is -0.395 e. The molecule has 1 unspecified atom stereocenters. The molecule has 0 saturated carbocycles. The highest BCUT2D eigenvalue weighted by Gasteiger charge is 2.11. The Morgan fingerprint density at radius 3 is 2.25 bits per heavy atom. The molecule has 3 N–H and O–H groups in total. The van der Waals surface area contributed by atoms with Gasteiger partial charge in [-0.25, -0.2) is 5.11 Å². The molecule has 4 nitrogen and oxygen atoms in total. The summed E-state index contributed by atoms with van der Waals surface area (Å²) in [6, 6.07) is 0. The molecule has 0 aromatic rings. The lowest BCUT2D eigenvalue weighted by atomic mass is 10.2. The Balaban J connectivity index is 3.52. The van der Waals surface area contributed by atoms with E-state index in [1.807, 2.05) is 0 Å². The zero-order chi connectivity index (χ0) is 6.57. The van der Waals surface area contributed by atoms with Gasteiger partial charge in [-0.3, -0.25) is 4.79 Å². The number of rotatable bonds is 3. The van der Waals surface area contributed by atoms with Crippen LogP contribution in [0.25, 0.3) is 0 Å². The molecule has 0 aromatic carbocycles. The molecule has 0 fully saturated rings. The Kier molecular flexibility index (Phi) is 3.14. The lowest BCUT2D eigenvalue weighted by molar-refractivity contribution is -0.125. The summed E-state index contributed by atoms with van der Waals surface area (Å²) >= 11 is 0. The maximum atomic E-state index is 10.0. The van der Waals surface area contributed by atoms with E-state index in [-0.39, 0.29) is 0 Å². The van der Waals surface area contributed by atoms with Crippen molar-refractivity contribution in [1.82, 2.24) is 0 Å². The van der Waals surface area contributed by atoms with E-state index in [0.717, 1.165) is 0 Å². The fourth-order valence-electron chi connectivity index (χ4n) is 0.225. The molecular formula is C4H8NO3. The number of hydrogen-bond acceptors (Lipinski definition) is 2. The molecule has 0 heterocycles. The molecule has 47 valence electrons. The van der Waals surface area contributed by atoms with Crippen LogP contribution < -0.4 is 5.73 Å². The first-order valence-corrected chi connectivity index (χ1v) is 2.20. The van der Waals surface area contributed by atoms with Crippen LogP contribution in [0.3, 0.4) is 0 Å². The summed E-state index contributed by atoms with van der Waals surface area (Å²) in [5, 5.41) is 18.0. The summed E-state index contributed by atoms with van der Waals surface area (Å²) in [6.45, 7) is -1.08. The lowest BCUT2D eigenvalue weighted by Gasteiger charge is -2.01. The molecule has 0 aliphatic heterocycles. The second kappa shape index (κ2) is 3.40. The van der Waals surface area contributed by atoms with Gasteiger partial charge in [0, 0.05) is 0 Å². The molecule has 0 aliphatic carbocycles. The van der Waals surface area contributed by atoms with Crippen molar-refractivity contribution in [2.24, 2.45) is 11.7 Å². The molecule has 1 amide bonds. The lowest BCUT2D eigenvalue weighted by Crippen LogP contribution is -2.28. The number of amides is 1. The van der Waals surface area contributed by atoms with Gasteiger partial charge in [0.25, 0.3) is 0 Å². The zero-order valence-corrected chi connectivity index (χ0v) is 4.33. The van der Waals surface area contributed by atoms with E-state index in [0.29, 0.717) is 0 Å². The number of carbonyl (C=O) groups is 1. The molecular weight excluding hydrogens is 110 g/mol. The first kappa shape index (κ1) is 7.39. The van der Waals surface area contributed by atoms with E-state index in [1.54, 1.807) is 0 Å². The van der Waals surface area contributed by atoms with Gasteiger partial charge in [0.05, 0.1) is 19.1 Å². The van der Waals surface area contributed by atoms with E-state index in [2.05, 4.69) is 5.73 Å². The highest BCUT2D eigenvalue weighted by atomic mass is 16.3. The van der Waals surface area contributed by atoms with Crippen LogP contribution in [0.2, 0.25) is 0 Å². The Morgan fingerprint density at radius 2 is 2.25 bits per heavy atom. The van der Waals surface area contributed by atoms with Crippen LogP contribution in [-0.2, 0) is 9.90 Å². The summed E-state index contributed by atoms with van der Waals surface area (Å²) < 4.78 is 0. The van der Waals surface area contributed by atoms with Crippen molar-refractivity contribution in [2.45, 2.75) is 0 Å². The van der Waals surface area contributed by atoms with Crippen molar-refractivity contribution in [2.75, 3.05) is 13.2 Å². The quantitative estimate of drug-likeness (QED) is 0.473. The van der Waals surface area contributed by atoms with Gasteiger partial charge in [-0.2, -0.15) is 0 Å². The van der Waals surface area contributed by atoms with Gasteiger partial charge in [-0.05, 0) is 0 Å². The fraction of sp³-hybridized carbons (Fsp3) is 0.750. The van der Waals surface area contributed by atoms with Crippen LogP contribution in [-0.4, -0.2) is 24.2 Å². The van der Waals surface area contributed by atoms with Crippen LogP contribution in [0.15, 0.2) is 0 Å². The van der Waals surface area contributed by atoms with Gasteiger partial charge >= 0.3 is 0 Å². The average Bonchev–Trinajstić information content (AvgIpc) is 1.69. The van der Waals surface area contributed by atoms with Crippen LogP contribution in [0.1, 0.15) is 0 Å². The SMILES string of the molecule is NC(=O)C(C[O])CO. The summed E-state index contributed by atoms with van der Waals surface area (Å²) in [4.78, 5) is 10.0. The number of nitrogens with two attached hydrogens (primary N) is 1. The third-order valence-electron chi connectivity index (χ3n) is 0.824. The summed E-state index contributed by atoms with van der Waals surface area (Å²) in [5.41, 5.74) is 4.66. The number of primary amides is 1. The number of carbonyl (C=O) groups excluding carboxylic acids is 1. The maximum Gasteiger partial charge on any atom is 0.225 e. The van der Waals surface area contributed by atoms with Crippen LogP contribution in [0, 0.1) is 5.92 Å². The standard InChI is InChI=1S/C4H8NO3/c5-4(8)3(1-6)2-7/h3,6H,1-2H2,(H2,5,8). The minimum absolute atomic E-state index is 0.446. The van der Waals surface area contributed by atoms with E-state index in [1.165, 1.54) is 0 Å². The first-order valence-electron chi connectivity index (χ1n) is 2.20. The van der Waals surface area contributed by atoms with Crippen molar-refractivity contribution in [3.05, 3.63) is 0 Å². The smallest absolute Gasteiger partial charge is 0.225 e. The number of aliphatic hydroxyl groups excluding tert-OH is 1. The second-order valence-electron chi connectivity index (χ2n) is 1.45. The molecule has 0 aliphatic rings. The Hall–Kier alpha value is -0.610. The number of aliphatic hydroxyl groups is 1. The molecule has 0 spiro atoms. The molecule has 0 bridgehead atoms. The third kappa shape index (κ3) is 1.90. The van der Waals surface area contributed by atoms with E-state index >= 15 is 0 Å². The van der Waals surface area contributed by atoms with Crippen molar-refractivity contribution < 1.29 is 15.0 Å². The molecule has 0 aromatic heterocycles. The Morgan fingerprint density at radius 1 is 1.75 bits per heavy atom. The molecule has 0 saturated heterocycles. The summed E-state index contributed by atoms with van der Waals surface area (Å²) in [7, 11) is 0. The van der Waals surface area contributed by atoms with Crippen molar-refractivity contribution in [3.63, 3.8) is 0 Å². The van der Waals surface area contributed by atoms with Gasteiger partial charge < -0.3 is 10.8 Å². The molecule has 1 atom stereocenters. The highest BCUT2D eigenvalue weighted by Crippen LogP contribution is 1.89. The van der Waals surface area contributed by atoms with Crippen molar-refractivity contribution in [1.29, 1.82) is 0 Å². The van der Waals surface area contributed by atoms with Crippen molar-refractivity contribution >= 4 is 5.91 Å². The van der Waals surface area contributed by atoms with Gasteiger partial charge in [-0.1, -0.05) is 0 Å². The highest BCUT2D eigenvalue weighted by molar-refractivity contribution is 5.76. The molecule has 0 rings (SSSR count).